The highest BCUT2D eigenvalue weighted by Gasteiger charge is 2.23. The first-order chi connectivity index (χ1) is 16.2. The Balaban J connectivity index is 1.80. The molecule has 14 heteroatoms. The van der Waals surface area contributed by atoms with Crippen LogP contribution in [-0.2, 0) is 17.9 Å². The Labute approximate surface area is 190 Å². The van der Waals surface area contributed by atoms with Gasteiger partial charge in [-0.25, -0.2) is 19.2 Å². The van der Waals surface area contributed by atoms with E-state index in [1.165, 1.54) is 67.0 Å². The molecule has 3 aromatic rings. The van der Waals surface area contributed by atoms with E-state index in [2.05, 4.69) is 10.1 Å². The van der Waals surface area contributed by atoms with Crippen LogP contribution in [0.3, 0.4) is 0 Å². The van der Waals surface area contributed by atoms with Crippen molar-refractivity contribution in [3.8, 4) is 0 Å². The molecule has 0 aliphatic carbocycles. The molecule has 0 spiro atoms. The lowest BCUT2D eigenvalue weighted by Crippen LogP contribution is -2.40. The molecule has 0 aliphatic rings. The minimum atomic E-state index is -1.46. The predicted molar refractivity (Wildman–Crippen MR) is 115 cm³/mol. The Morgan fingerprint density at radius 3 is 2.03 bits per heavy atom. The van der Waals surface area contributed by atoms with Gasteiger partial charge in [0.1, 0.15) is 6.61 Å². The van der Waals surface area contributed by atoms with Gasteiger partial charge in [0.25, 0.3) is 11.4 Å². The zero-order valence-corrected chi connectivity index (χ0v) is 17.3. The maximum atomic E-state index is 12.3. The summed E-state index contributed by atoms with van der Waals surface area (Å²) in [6, 6.07) is 12.0. The van der Waals surface area contributed by atoms with Gasteiger partial charge in [0.2, 0.25) is 5.96 Å². The number of ether oxygens (including phenoxy) is 1. The number of hydrogen-bond donors (Lipinski definition) is 1. The first-order valence-electron chi connectivity index (χ1n) is 9.47. The number of amides is 2. The summed E-state index contributed by atoms with van der Waals surface area (Å²) in [4.78, 5) is 49.1. The molecule has 2 amide bonds. The number of carbonyl (C=O) groups excluding carboxylic acids is 1. The summed E-state index contributed by atoms with van der Waals surface area (Å²) in [5.41, 5.74) is 0.557. The van der Waals surface area contributed by atoms with Crippen molar-refractivity contribution in [1.82, 2.24) is 14.7 Å². The van der Waals surface area contributed by atoms with E-state index in [1.807, 2.05) is 0 Å². The fourth-order valence-corrected chi connectivity index (χ4v) is 2.72. The number of non-ortho nitro benzene ring substituents is 2. The molecule has 174 valence electrons. The number of carbonyl (C=O) groups is 2. The summed E-state index contributed by atoms with van der Waals surface area (Å²) in [7, 11) is 0. The summed E-state index contributed by atoms with van der Waals surface area (Å²) >= 11 is 0. The Morgan fingerprint density at radius 2 is 1.56 bits per heavy atom. The summed E-state index contributed by atoms with van der Waals surface area (Å²) < 4.78 is 6.10. The van der Waals surface area contributed by atoms with Gasteiger partial charge in [-0.2, -0.15) is 5.10 Å². The van der Waals surface area contributed by atoms with Gasteiger partial charge < -0.3 is 9.84 Å². The molecule has 2 aromatic carbocycles. The van der Waals surface area contributed by atoms with Crippen LogP contribution in [-0.4, -0.2) is 47.8 Å². The fraction of sp³-hybridized carbons (Fsp3) is 0.100. The standard InChI is InChI=1S/C20H16N6O8/c27-19(34-13-15-4-8-17(9-5-15)26(32)33)22-18(24-11-1-10-21-24)23(20(28)29)12-14-2-6-16(7-3-14)25(30)31/h1-11H,12-13H2,(H,28,29). The van der Waals surface area contributed by atoms with E-state index in [9.17, 15) is 34.9 Å². The molecule has 1 aromatic heterocycles. The third-order valence-electron chi connectivity index (χ3n) is 4.37. The van der Waals surface area contributed by atoms with Gasteiger partial charge in [0.15, 0.2) is 0 Å². The van der Waals surface area contributed by atoms with E-state index < -0.39 is 22.0 Å². The van der Waals surface area contributed by atoms with Crippen LogP contribution in [0.25, 0.3) is 0 Å². The van der Waals surface area contributed by atoms with E-state index in [1.54, 1.807) is 0 Å². The van der Waals surface area contributed by atoms with Crippen LogP contribution in [0.5, 0.6) is 0 Å². The highest BCUT2D eigenvalue weighted by Crippen LogP contribution is 2.15. The molecule has 1 heterocycles. The van der Waals surface area contributed by atoms with Crippen molar-refractivity contribution in [2.75, 3.05) is 0 Å². The smallest absolute Gasteiger partial charge is 0.437 e. The zero-order valence-electron chi connectivity index (χ0n) is 17.3. The Bertz CT molecular complexity index is 1220. The molecule has 0 radical (unpaired) electrons. The second-order valence-corrected chi connectivity index (χ2v) is 6.63. The van der Waals surface area contributed by atoms with Gasteiger partial charge in [0.05, 0.1) is 16.4 Å². The lowest BCUT2D eigenvalue weighted by molar-refractivity contribution is -0.385. The van der Waals surface area contributed by atoms with E-state index in [0.29, 0.717) is 11.1 Å². The molecule has 1 N–H and O–H groups in total. The lowest BCUT2D eigenvalue weighted by atomic mass is 10.2. The van der Waals surface area contributed by atoms with Gasteiger partial charge >= 0.3 is 12.2 Å². The SMILES string of the molecule is O=C(N=C(N(Cc1ccc([N+](=O)[O-])cc1)C(=O)O)n1cccn1)OCc1ccc([N+](=O)[O-])cc1. The van der Waals surface area contributed by atoms with Crippen LogP contribution in [0, 0.1) is 20.2 Å². The number of hydrogen-bond acceptors (Lipinski definition) is 8. The molecular formula is C20H16N6O8. The molecule has 0 unspecified atom stereocenters. The van der Waals surface area contributed by atoms with E-state index >= 15 is 0 Å². The fourth-order valence-electron chi connectivity index (χ4n) is 2.72. The van der Waals surface area contributed by atoms with E-state index in [4.69, 9.17) is 4.74 Å². The zero-order chi connectivity index (χ0) is 24.7. The summed E-state index contributed by atoms with van der Waals surface area (Å²) in [5.74, 6) is -0.385. The number of nitro groups is 2. The van der Waals surface area contributed by atoms with Crippen LogP contribution >= 0.6 is 0 Å². The van der Waals surface area contributed by atoms with Crippen molar-refractivity contribution in [2.24, 2.45) is 4.99 Å². The topological polar surface area (TPSA) is 183 Å². The van der Waals surface area contributed by atoms with Crippen LogP contribution < -0.4 is 0 Å². The average Bonchev–Trinajstić information content (AvgIpc) is 3.35. The molecule has 0 atom stereocenters. The Kier molecular flexibility index (Phi) is 7.23. The minimum Gasteiger partial charge on any atom is -0.465 e. The van der Waals surface area contributed by atoms with Crippen molar-refractivity contribution < 1.29 is 29.3 Å². The molecular weight excluding hydrogens is 452 g/mol. The predicted octanol–water partition coefficient (Wildman–Crippen LogP) is 3.42. The summed E-state index contributed by atoms with van der Waals surface area (Å²) in [6.07, 6.45) is 0.132. The van der Waals surface area contributed by atoms with Crippen molar-refractivity contribution >= 4 is 29.5 Å². The Morgan fingerprint density at radius 1 is 1.00 bits per heavy atom. The molecule has 0 bridgehead atoms. The monoisotopic (exact) mass is 468 g/mol. The normalized spacial score (nSPS) is 11.0. The number of aromatic nitrogens is 2. The number of aliphatic imine (C=N–C) groups is 1. The number of nitro benzene ring substituents is 2. The second kappa shape index (κ2) is 10.4. The van der Waals surface area contributed by atoms with Crippen molar-refractivity contribution in [3.05, 3.63) is 98.3 Å². The van der Waals surface area contributed by atoms with Crippen molar-refractivity contribution in [2.45, 2.75) is 13.2 Å². The maximum absolute atomic E-state index is 12.3. The van der Waals surface area contributed by atoms with Gasteiger partial charge in [-0.3, -0.25) is 20.2 Å². The molecule has 0 saturated carbocycles. The summed E-state index contributed by atoms with van der Waals surface area (Å²) in [5, 5.41) is 35.2. The van der Waals surface area contributed by atoms with Crippen molar-refractivity contribution in [1.29, 1.82) is 0 Å². The Hall–Kier alpha value is -5.14. The highest BCUT2D eigenvalue weighted by atomic mass is 16.6. The second-order valence-electron chi connectivity index (χ2n) is 6.63. The highest BCUT2D eigenvalue weighted by molar-refractivity contribution is 5.99. The van der Waals surface area contributed by atoms with Gasteiger partial charge in [0, 0.05) is 36.7 Å². The number of rotatable bonds is 6. The molecule has 0 aliphatic heterocycles. The van der Waals surface area contributed by atoms with Crippen LogP contribution in [0.2, 0.25) is 0 Å². The van der Waals surface area contributed by atoms with E-state index in [-0.39, 0.29) is 30.5 Å². The minimum absolute atomic E-state index is 0.127. The molecule has 0 fully saturated rings. The van der Waals surface area contributed by atoms with Crippen LogP contribution in [0.4, 0.5) is 21.0 Å². The lowest BCUT2D eigenvalue weighted by Gasteiger charge is -2.20. The summed E-state index contributed by atoms with van der Waals surface area (Å²) in [6.45, 7) is -0.552. The first-order valence-corrected chi connectivity index (χ1v) is 9.47. The van der Waals surface area contributed by atoms with Crippen molar-refractivity contribution in [3.63, 3.8) is 0 Å². The molecule has 0 saturated heterocycles. The van der Waals surface area contributed by atoms with Crippen LogP contribution in [0.1, 0.15) is 11.1 Å². The third kappa shape index (κ3) is 5.97. The number of nitrogens with zero attached hydrogens (tertiary/aromatic N) is 6. The maximum Gasteiger partial charge on any atom is 0.437 e. The first kappa shape index (κ1) is 23.5. The van der Waals surface area contributed by atoms with Gasteiger partial charge in [-0.1, -0.05) is 12.1 Å². The molecule has 3 rings (SSSR count). The van der Waals surface area contributed by atoms with Crippen LogP contribution in [0.15, 0.2) is 72.0 Å². The largest absolute Gasteiger partial charge is 0.465 e. The molecule has 14 nitrogen and oxygen atoms in total. The number of carboxylic acid groups (broad SMARTS) is 1. The van der Waals surface area contributed by atoms with E-state index in [0.717, 1.165) is 9.58 Å². The molecule has 34 heavy (non-hydrogen) atoms. The quantitative estimate of drug-likeness (QED) is 0.245. The number of benzene rings is 2. The van der Waals surface area contributed by atoms with Gasteiger partial charge in [-0.15, -0.1) is 4.99 Å². The van der Waals surface area contributed by atoms with Gasteiger partial charge in [-0.05, 0) is 29.3 Å². The third-order valence-corrected chi connectivity index (χ3v) is 4.37. The average molecular weight is 468 g/mol.